The van der Waals surface area contributed by atoms with Gasteiger partial charge in [-0.25, -0.2) is 13.8 Å². The van der Waals surface area contributed by atoms with Crippen LogP contribution in [0.1, 0.15) is 37.8 Å². The molecule has 1 aliphatic carbocycles. The first-order valence-electron chi connectivity index (χ1n) is 9.44. The van der Waals surface area contributed by atoms with Crippen LogP contribution >= 0.6 is 11.6 Å². The summed E-state index contributed by atoms with van der Waals surface area (Å²) in [5.41, 5.74) is -1.82. The summed E-state index contributed by atoms with van der Waals surface area (Å²) in [6, 6.07) is 1.42. The minimum Gasteiger partial charge on any atom is -0.481 e. The van der Waals surface area contributed by atoms with E-state index in [1.807, 2.05) is 6.07 Å². The number of anilines is 2. The SMILES string of the molecule is C[C@@H]1N(c2nc(N3C[C@@H]4C(CC(=O)O)[C@@H]4C3)c(Cl)c(C(F)F)c2C#N)C[C@@]1(C)O. The third kappa shape index (κ3) is 3.09. The first-order chi connectivity index (χ1) is 13.6. The Morgan fingerprint density at radius 3 is 2.48 bits per heavy atom. The van der Waals surface area contributed by atoms with Crippen LogP contribution in [0.4, 0.5) is 20.4 Å². The van der Waals surface area contributed by atoms with Crippen LogP contribution < -0.4 is 9.80 Å². The van der Waals surface area contributed by atoms with Crippen LogP contribution in [0.3, 0.4) is 0 Å². The highest BCUT2D eigenvalue weighted by atomic mass is 35.5. The van der Waals surface area contributed by atoms with Crippen molar-refractivity contribution in [3.05, 3.63) is 16.1 Å². The summed E-state index contributed by atoms with van der Waals surface area (Å²) >= 11 is 6.28. The number of carboxylic acids is 1. The van der Waals surface area contributed by atoms with Crippen molar-refractivity contribution in [2.75, 3.05) is 29.4 Å². The second-order valence-electron chi connectivity index (χ2n) is 8.43. The zero-order chi connectivity index (χ0) is 21.2. The molecule has 1 aromatic heterocycles. The van der Waals surface area contributed by atoms with Gasteiger partial charge in [0.2, 0.25) is 0 Å². The topological polar surface area (TPSA) is 101 Å². The van der Waals surface area contributed by atoms with Crippen LogP contribution in [0, 0.1) is 29.1 Å². The maximum absolute atomic E-state index is 13.8. The van der Waals surface area contributed by atoms with Crippen molar-refractivity contribution in [3.8, 4) is 6.07 Å². The summed E-state index contributed by atoms with van der Waals surface area (Å²) in [4.78, 5) is 18.8. The fraction of sp³-hybridized carbons (Fsp3) is 0.632. The predicted molar refractivity (Wildman–Crippen MR) is 101 cm³/mol. The second-order valence-corrected chi connectivity index (χ2v) is 8.81. The zero-order valence-corrected chi connectivity index (χ0v) is 16.7. The number of nitriles is 1. The number of aromatic nitrogens is 1. The number of nitrogens with zero attached hydrogens (tertiary/aromatic N) is 4. The van der Waals surface area contributed by atoms with E-state index in [1.165, 1.54) is 0 Å². The summed E-state index contributed by atoms with van der Waals surface area (Å²) in [5, 5.41) is 28.5. The number of hydrogen-bond donors (Lipinski definition) is 2. The minimum atomic E-state index is -2.95. The molecule has 0 radical (unpaired) electrons. The van der Waals surface area contributed by atoms with Crippen molar-refractivity contribution < 1.29 is 23.8 Å². The Kier molecular flexibility index (Phi) is 4.63. The van der Waals surface area contributed by atoms with E-state index in [-0.39, 0.29) is 52.9 Å². The lowest BCUT2D eigenvalue weighted by Gasteiger charge is -2.52. The van der Waals surface area contributed by atoms with E-state index in [9.17, 15) is 23.9 Å². The van der Waals surface area contributed by atoms with Crippen LogP contribution in [0.15, 0.2) is 0 Å². The molecule has 3 fully saturated rings. The number of fused-ring (bicyclic) bond motifs is 1. The molecule has 0 spiro atoms. The van der Waals surface area contributed by atoms with Gasteiger partial charge in [0.25, 0.3) is 6.43 Å². The molecule has 10 heteroatoms. The first kappa shape index (κ1) is 20.1. The molecular formula is C19H21ClF2N4O3. The van der Waals surface area contributed by atoms with Crippen molar-refractivity contribution in [2.24, 2.45) is 17.8 Å². The van der Waals surface area contributed by atoms with E-state index in [0.717, 1.165) is 0 Å². The summed E-state index contributed by atoms with van der Waals surface area (Å²) < 4.78 is 27.7. The Hall–Kier alpha value is -2.18. The number of pyridine rings is 1. The quantitative estimate of drug-likeness (QED) is 0.746. The van der Waals surface area contributed by atoms with Gasteiger partial charge in [-0.3, -0.25) is 4.79 Å². The van der Waals surface area contributed by atoms with Crippen LogP contribution in [-0.4, -0.2) is 52.4 Å². The average Bonchev–Trinajstić information content (AvgIpc) is 3.07. The fourth-order valence-electron chi connectivity index (χ4n) is 4.71. The Bertz CT molecular complexity index is 908. The summed E-state index contributed by atoms with van der Waals surface area (Å²) in [7, 11) is 0. The predicted octanol–water partition coefficient (Wildman–Crippen LogP) is 2.66. The molecule has 3 aliphatic rings. The molecule has 7 nitrogen and oxygen atoms in total. The smallest absolute Gasteiger partial charge is 0.303 e. The van der Waals surface area contributed by atoms with Gasteiger partial charge in [-0.1, -0.05) is 11.6 Å². The van der Waals surface area contributed by atoms with E-state index in [2.05, 4.69) is 4.98 Å². The first-order valence-corrected chi connectivity index (χ1v) is 9.82. The molecular weight excluding hydrogens is 406 g/mol. The molecule has 156 valence electrons. The minimum absolute atomic E-state index is 0.0976. The molecule has 1 unspecified atom stereocenters. The Labute approximate surface area is 171 Å². The van der Waals surface area contributed by atoms with Crippen LogP contribution in [0.5, 0.6) is 0 Å². The molecule has 2 saturated heterocycles. The molecule has 1 aromatic rings. The number of aliphatic carboxylic acids is 1. The molecule has 2 N–H and O–H groups in total. The van der Waals surface area contributed by atoms with Gasteiger partial charge in [0.15, 0.2) is 0 Å². The lowest BCUT2D eigenvalue weighted by Crippen LogP contribution is -2.67. The number of β-amino-alcohol motifs (C(OH)–C–C–N with tert-alkyl or cyclic N) is 1. The molecule has 5 atom stereocenters. The highest BCUT2D eigenvalue weighted by Gasteiger charge is 2.57. The number of rotatable bonds is 5. The van der Waals surface area contributed by atoms with Gasteiger partial charge >= 0.3 is 5.97 Å². The van der Waals surface area contributed by atoms with Gasteiger partial charge in [-0.2, -0.15) is 5.26 Å². The van der Waals surface area contributed by atoms with Gasteiger partial charge in [0.05, 0.1) is 28.8 Å². The van der Waals surface area contributed by atoms with Crippen molar-refractivity contribution in [2.45, 2.75) is 38.3 Å². The Morgan fingerprint density at radius 1 is 1.41 bits per heavy atom. The number of carbonyl (C=O) groups is 1. The monoisotopic (exact) mass is 426 g/mol. The fourth-order valence-corrected chi connectivity index (χ4v) is 5.05. The molecule has 0 bridgehead atoms. The molecule has 0 amide bonds. The van der Waals surface area contributed by atoms with Gasteiger partial charge in [0, 0.05) is 19.5 Å². The molecule has 1 saturated carbocycles. The number of aliphatic hydroxyl groups is 1. The van der Waals surface area contributed by atoms with E-state index < -0.39 is 29.6 Å². The van der Waals surface area contributed by atoms with Crippen LogP contribution in [0.25, 0.3) is 0 Å². The summed E-state index contributed by atoms with van der Waals surface area (Å²) in [5.74, 6) is -0.0876. The van der Waals surface area contributed by atoms with Crippen molar-refractivity contribution in [3.63, 3.8) is 0 Å². The molecule has 0 aromatic carbocycles. The normalized spacial score (nSPS) is 32.8. The number of piperidine rings is 1. The third-order valence-corrected chi connectivity index (χ3v) is 7.05. The summed E-state index contributed by atoms with van der Waals surface area (Å²) in [6.07, 6.45) is -2.85. The van der Waals surface area contributed by atoms with E-state index in [1.54, 1.807) is 23.6 Å². The molecule has 4 rings (SSSR count). The van der Waals surface area contributed by atoms with Gasteiger partial charge in [-0.05, 0) is 31.6 Å². The third-order valence-electron chi connectivity index (χ3n) is 6.68. The van der Waals surface area contributed by atoms with Gasteiger partial charge < -0.3 is 20.0 Å². The number of alkyl halides is 2. The van der Waals surface area contributed by atoms with Gasteiger partial charge in [-0.15, -0.1) is 0 Å². The Balaban J connectivity index is 1.69. The highest BCUT2D eigenvalue weighted by Crippen LogP contribution is 2.55. The lowest BCUT2D eigenvalue weighted by atomic mass is 9.86. The second kappa shape index (κ2) is 6.67. The average molecular weight is 427 g/mol. The maximum Gasteiger partial charge on any atom is 0.303 e. The highest BCUT2D eigenvalue weighted by molar-refractivity contribution is 6.34. The van der Waals surface area contributed by atoms with E-state index in [4.69, 9.17) is 16.7 Å². The van der Waals surface area contributed by atoms with Gasteiger partial charge in [0.1, 0.15) is 23.3 Å². The number of hydrogen-bond acceptors (Lipinski definition) is 6. The number of carboxylic acid groups (broad SMARTS) is 1. The maximum atomic E-state index is 13.8. The van der Waals surface area contributed by atoms with Crippen molar-refractivity contribution >= 4 is 29.2 Å². The van der Waals surface area contributed by atoms with Crippen LogP contribution in [-0.2, 0) is 4.79 Å². The molecule has 29 heavy (non-hydrogen) atoms. The van der Waals surface area contributed by atoms with E-state index in [0.29, 0.717) is 13.1 Å². The van der Waals surface area contributed by atoms with Crippen molar-refractivity contribution in [1.82, 2.24) is 4.98 Å². The van der Waals surface area contributed by atoms with Crippen molar-refractivity contribution in [1.29, 1.82) is 5.26 Å². The van der Waals surface area contributed by atoms with Crippen LogP contribution in [0.2, 0.25) is 5.02 Å². The Morgan fingerprint density at radius 2 is 2.03 bits per heavy atom. The summed E-state index contributed by atoms with van der Waals surface area (Å²) in [6.45, 7) is 4.55. The van der Waals surface area contributed by atoms with E-state index >= 15 is 0 Å². The lowest BCUT2D eigenvalue weighted by molar-refractivity contribution is -0.137. The number of halogens is 3. The zero-order valence-electron chi connectivity index (χ0n) is 15.9. The molecule has 3 heterocycles. The largest absolute Gasteiger partial charge is 0.481 e. The standard InChI is InChI=1S/C19H21ClF2N4O3/c1-8-19(2,29)7-26(8)17-10(4-23)14(16(21)22)15(20)18(24-17)25-5-11-9(3-13(27)28)12(11)6-25/h8-9,11-12,16,29H,3,5-7H2,1-2H3,(H,27,28)/t8-,9?,11-,12+,19+/m0/s1. The molecule has 2 aliphatic heterocycles.